The Morgan fingerprint density at radius 1 is 1.19 bits per heavy atom. The maximum atomic E-state index is 12.4. The van der Waals surface area contributed by atoms with E-state index < -0.39 is 12.0 Å². The first kappa shape index (κ1) is 19.7. The Morgan fingerprint density at radius 2 is 1.81 bits per heavy atom. The summed E-state index contributed by atoms with van der Waals surface area (Å²) in [4.78, 5) is 23.7. The van der Waals surface area contributed by atoms with E-state index in [2.05, 4.69) is 31.2 Å². The highest BCUT2D eigenvalue weighted by Gasteiger charge is 2.21. The highest BCUT2D eigenvalue weighted by atomic mass is 16.5. The van der Waals surface area contributed by atoms with Gasteiger partial charge in [-0.25, -0.2) is 0 Å². The first-order valence-electron chi connectivity index (χ1n) is 8.61. The fourth-order valence-corrected chi connectivity index (χ4v) is 2.80. The summed E-state index contributed by atoms with van der Waals surface area (Å²) >= 11 is 0. The van der Waals surface area contributed by atoms with E-state index in [1.165, 1.54) is 0 Å². The molecule has 0 aliphatic rings. The van der Waals surface area contributed by atoms with Crippen molar-refractivity contribution in [3.05, 3.63) is 52.4 Å². The van der Waals surface area contributed by atoms with E-state index in [-0.39, 0.29) is 24.2 Å². The van der Waals surface area contributed by atoms with Crippen LogP contribution in [0, 0.1) is 13.8 Å². The summed E-state index contributed by atoms with van der Waals surface area (Å²) in [6.07, 6.45) is -0.0699. The summed E-state index contributed by atoms with van der Waals surface area (Å²) < 4.78 is 5.07. The minimum atomic E-state index is -0.965. The van der Waals surface area contributed by atoms with Crippen molar-refractivity contribution >= 4 is 11.9 Å². The van der Waals surface area contributed by atoms with Crippen LogP contribution < -0.4 is 5.32 Å². The van der Waals surface area contributed by atoms with Crippen LogP contribution in [0.25, 0.3) is 0 Å². The monoisotopic (exact) mass is 358 g/mol. The third-order valence-corrected chi connectivity index (χ3v) is 4.41. The van der Waals surface area contributed by atoms with E-state index in [4.69, 9.17) is 4.52 Å². The second-order valence-corrected chi connectivity index (χ2v) is 7.57. The molecule has 0 aliphatic carbocycles. The van der Waals surface area contributed by atoms with Crippen LogP contribution in [0.3, 0.4) is 0 Å². The molecular formula is C20H26N2O4. The third-order valence-electron chi connectivity index (χ3n) is 4.41. The number of aromatic nitrogens is 1. The smallest absolute Gasteiger partial charge is 0.305 e. The predicted molar refractivity (Wildman–Crippen MR) is 98.0 cm³/mol. The Bertz CT molecular complexity index is 766. The molecule has 140 valence electrons. The van der Waals surface area contributed by atoms with E-state index in [1.54, 1.807) is 13.8 Å². The lowest BCUT2D eigenvalue weighted by atomic mass is 9.86. The Labute approximate surface area is 153 Å². The molecule has 2 aromatic rings. The van der Waals surface area contributed by atoms with Crippen molar-refractivity contribution in [1.82, 2.24) is 10.5 Å². The number of carboxylic acids is 1. The molecule has 26 heavy (non-hydrogen) atoms. The highest BCUT2D eigenvalue weighted by molar-refractivity contribution is 5.80. The number of nitrogens with zero attached hydrogens (tertiary/aromatic N) is 1. The van der Waals surface area contributed by atoms with Crippen molar-refractivity contribution < 1.29 is 19.2 Å². The number of nitrogens with one attached hydrogen (secondary N) is 1. The molecule has 0 bridgehead atoms. The van der Waals surface area contributed by atoms with Gasteiger partial charge in [0, 0.05) is 5.56 Å². The van der Waals surface area contributed by atoms with Gasteiger partial charge in [0.05, 0.1) is 24.6 Å². The van der Waals surface area contributed by atoms with Gasteiger partial charge in [0.2, 0.25) is 5.91 Å². The number of amides is 1. The molecule has 6 heteroatoms. The first-order chi connectivity index (χ1) is 12.1. The Morgan fingerprint density at radius 3 is 2.27 bits per heavy atom. The van der Waals surface area contributed by atoms with Gasteiger partial charge in [-0.1, -0.05) is 50.2 Å². The topological polar surface area (TPSA) is 92.4 Å². The predicted octanol–water partition coefficient (Wildman–Crippen LogP) is 3.46. The Kier molecular flexibility index (Phi) is 5.85. The van der Waals surface area contributed by atoms with Gasteiger partial charge in [-0.2, -0.15) is 0 Å². The molecule has 2 N–H and O–H groups in total. The number of benzene rings is 1. The number of aryl methyl sites for hydroxylation is 2. The molecule has 6 nitrogen and oxygen atoms in total. The lowest BCUT2D eigenvalue weighted by molar-refractivity contribution is -0.137. The van der Waals surface area contributed by atoms with Crippen molar-refractivity contribution in [3.8, 4) is 0 Å². The van der Waals surface area contributed by atoms with E-state index in [1.807, 2.05) is 24.3 Å². The standard InChI is InChI=1S/C20H26N2O4/c1-12-16(13(2)26-22-12)10-18(23)21-17(11-19(24)25)14-6-8-15(9-7-14)20(3,4)5/h6-9,17H,10-11H2,1-5H3,(H,21,23)(H,24,25). The zero-order valence-corrected chi connectivity index (χ0v) is 15.9. The lowest BCUT2D eigenvalue weighted by Gasteiger charge is -2.22. The number of hydrogen-bond donors (Lipinski definition) is 2. The number of carbonyl (C=O) groups is 2. The molecule has 1 aromatic heterocycles. The van der Waals surface area contributed by atoms with Gasteiger partial charge in [0.1, 0.15) is 5.76 Å². The van der Waals surface area contributed by atoms with Crippen LogP contribution >= 0.6 is 0 Å². The van der Waals surface area contributed by atoms with Gasteiger partial charge in [0.15, 0.2) is 0 Å². The normalized spacial score (nSPS) is 12.7. The lowest BCUT2D eigenvalue weighted by Crippen LogP contribution is -2.31. The molecule has 1 atom stereocenters. The SMILES string of the molecule is Cc1noc(C)c1CC(=O)NC(CC(=O)O)c1ccc(C(C)(C)C)cc1. The van der Waals surface area contributed by atoms with E-state index >= 15 is 0 Å². The molecule has 0 aliphatic heterocycles. The summed E-state index contributed by atoms with van der Waals surface area (Å²) in [6, 6.07) is 7.12. The van der Waals surface area contributed by atoms with Crippen molar-refractivity contribution in [3.63, 3.8) is 0 Å². The summed E-state index contributed by atoms with van der Waals surface area (Å²) in [7, 11) is 0. The fraction of sp³-hybridized carbons (Fsp3) is 0.450. The van der Waals surface area contributed by atoms with E-state index in [0.29, 0.717) is 11.5 Å². The van der Waals surface area contributed by atoms with Gasteiger partial charge < -0.3 is 14.9 Å². The van der Waals surface area contributed by atoms with Crippen LogP contribution in [-0.4, -0.2) is 22.1 Å². The van der Waals surface area contributed by atoms with Crippen LogP contribution in [0.15, 0.2) is 28.8 Å². The average molecular weight is 358 g/mol. The zero-order valence-electron chi connectivity index (χ0n) is 15.9. The Balaban J connectivity index is 2.17. The minimum Gasteiger partial charge on any atom is -0.481 e. The molecule has 0 saturated carbocycles. The number of hydrogen-bond acceptors (Lipinski definition) is 4. The molecule has 2 rings (SSSR count). The summed E-state index contributed by atoms with van der Waals surface area (Å²) in [6.45, 7) is 9.87. The summed E-state index contributed by atoms with van der Waals surface area (Å²) in [5.74, 6) is -0.625. The van der Waals surface area contributed by atoms with Crippen LogP contribution in [0.1, 0.15) is 61.4 Å². The molecule has 1 aromatic carbocycles. The molecule has 1 unspecified atom stereocenters. The Hall–Kier alpha value is -2.63. The average Bonchev–Trinajstić information content (AvgIpc) is 2.85. The van der Waals surface area contributed by atoms with Crippen LogP contribution in [-0.2, 0) is 21.4 Å². The first-order valence-corrected chi connectivity index (χ1v) is 8.61. The third kappa shape index (κ3) is 4.94. The molecule has 0 radical (unpaired) electrons. The number of rotatable bonds is 6. The largest absolute Gasteiger partial charge is 0.481 e. The molecule has 0 saturated heterocycles. The van der Waals surface area contributed by atoms with Crippen LogP contribution in [0.4, 0.5) is 0 Å². The van der Waals surface area contributed by atoms with E-state index in [0.717, 1.165) is 16.7 Å². The molecule has 1 amide bonds. The van der Waals surface area contributed by atoms with Crippen molar-refractivity contribution in [2.75, 3.05) is 0 Å². The van der Waals surface area contributed by atoms with Crippen molar-refractivity contribution in [1.29, 1.82) is 0 Å². The number of carbonyl (C=O) groups excluding carboxylic acids is 1. The van der Waals surface area contributed by atoms with E-state index in [9.17, 15) is 14.7 Å². The van der Waals surface area contributed by atoms with Crippen molar-refractivity contribution in [2.24, 2.45) is 0 Å². The summed E-state index contributed by atoms with van der Waals surface area (Å²) in [5, 5.41) is 15.9. The number of aliphatic carboxylic acids is 1. The summed E-state index contributed by atoms with van der Waals surface area (Å²) in [5.41, 5.74) is 3.33. The van der Waals surface area contributed by atoms with Crippen molar-refractivity contribution in [2.45, 2.75) is 58.9 Å². The molecular weight excluding hydrogens is 332 g/mol. The zero-order chi connectivity index (χ0) is 19.5. The molecule has 0 fully saturated rings. The molecule has 0 spiro atoms. The fourth-order valence-electron chi connectivity index (χ4n) is 2.80. The van der Waals surface area contributed by atoms with Gasteiger partial charge >= 0.3 is 5.97 Å². The van der Waals surface area contributed by atoms with Gasteiger partial charge in [-0.05, 0) is 30.4 Å². The van der Waals surface area contributed by atoms with Gasteiger partial charge in [0.25, 0.3) is 0 Å². The van der Waals surface area contributed by atoms with Crippen LogP contribution in [0.5, 0.6) is 0 Å². The quantitative estimate of drug-likeness (QED) is 0.825. The number of carboxylic acid groups (broad SMARTS) is 1. The van der Waals surface area contributed by atoms with Crippen LogP contribution in [0.2, 0.25) is 0 Å². The van der Waals surface area contributed by atoms with Gasteiger partial charge in [-0.3, -0.25) is 9.59 Å². The maximum Gasteiger partial charge on any atom is 0.305 e. The van der Waals surface area contributed by atoms with Gasteiger partial charge in [-0.15, -0.1) is 0 Å². The highest BCUT2D eigenvalue weighted by Crippen LogP contribution is 2.25. The minimum absolute atomic E-state index is 0.00735. The maximum absolute atomic E-state index is 12.4. The second kappa shape index (κ2) is 7.72. The molecule has 1 heterocycles. The second-order valence-electron chi connectivity index (χ2n) is 7.57.